The molecule has 4 aromatic carbocycles. The highest BCUT2D eigenvalue weighted by atomic mass is 16.7. The summed E-state index contributed by atoms with van der Waals surface area (Å²) in [6.07, 6.45) is 2.33. The highest BCUT2D eigenvalue weighted by molar-refractivity contribution is 5.55. The lowest BCUT2D eigenvalue weighted by molar-refractivity contribution is 0.0485. The van der Waals surface area contributed by atoms with E-state index in [1.165, 1.54) is 0 Å². The van der Waals surface area contributed by atoms with Gasteiger partial charge < -0.3 is 37.9 Å². The summed E-state index contributed by atoms with van der Waals surface area (Å²) in [7, 11) is 6.50. The molecule has 4 aromatic rings. The van der Waals surface area contributed by atoms with Crippen LogP contribution in [0.5, 0.6) is 23.0 Å². The molecule has 0 atom stereocenters. The molecule has 1 aliphatic rings. The lowest BCUT2D eigenvalue weighted by Gasteiger charge is -2.22. The van der Waals surface area contributed by atoms with Crippen molar-refractivity contribution in [1.82, 2.24) is 0 Å². The second kappa shape index (κ2) is 15.6. The van der Waals surface area contributed by atoms with Gasteiger partial charge in [0.25, 0.3) is 0 Å². The molecule has 0 unspecified atom stereocenters. The van der Waals surface area contributed by atoms with Crippen molar-refractivity contribution in [3.8, 4) is 23.0 Å². The number of fused-ring (bicyclic) bond motifs is 8. The first-order valence-corrected chi connectivity index (χ1v) is 14.6. The Morgan fingerprint density at radius 3 is 0.682 bits per heavy atom. The van der Waals surface area contributed by atoms with Crippen LogP contribution in [0.1, 0.15) is 44.5 Å². The summed E-state index contributed by atoms with van der Waals surface area (Å²) in [6, 6.07) is 25.0. The third-order valence-electron chi connectivity index (χ3n) is 7.52. The molecule has 232 valence electrons. The van der Waals surface area contributed by atoms with E-state index in [-0.39, 0.29) is 27.2 Å². The minimum absolute atomic E-state index is 0.128. The minimum atomic E-state index is 0.128. The molecule has 0 radical (unpaired) electrons. The molecule has 0 spiro atoms. The molecule has 8 heteroatoms. The Bertz CT molecular complexity index is 1220. The Hall–Kier alpha value is -4.08. The van der Waals surface area contributed by atoms with Crippen LogP contribution in [0.3, 0.4) is 0 Å². The quantitative estimate of drug-likeness (QED) is 0.155. The van der Waals surface area contributed by atoms with Crippen LogP contribution in [0.2, 0.25) is 0 Å². The second-order valence-corrected chi connectivity index (χ2v) is 10.5. The van der Waals surface area contributed by atoms with Gasteiger partial charge in [0.1, 0.15) is 23.0 Å². The van der Waals surface area contributed by atoms with E-state index in [1.807, 2.05) is 0 Å². The van der Waals surface area contributed by atoms with Gasteiger partial charge in [0, 0.05) is 54.1 Å². The van der Waals surface area contributed by atoms with Crippen LogP contribution in [0, 0.1) is 0 Å². The molecule has 8 nitrogen and oxygen atoms in total. The van der Waals surface area contributed by atoms with Crippen LogP contribution in [0.4, 0.5) is 0 Å². The summed E-state index contributed by atoms with van der Waals surface area (Å²) < 4.78 is 46.4. The van der Waals surface area contributed by atoms with Crippen molar-refractivity contribution < 1.29 is 37.9 Å². The van der Waals surface area contributed by atoms with Crippen LogP contribution in [-0.4, -0.2) is 55.6 Å². The zero-order chi connectivity index (χ0) is 30.7. The van der Waals surface area contributed by atoms with Crippen molar-refractivity contribution in [3.63, 3.8) is 0 Å². The zero-order valence-electron chi connectivity index (χ0n) is 25.9. The normalized spacial score (nSPS) is 12.5. The molecule has 0 aromatic heterocycles. The van der Waals surface area contributed by atoms with E-state index in [4.69, 9.17) is 37.9 Å². The van der Waals surface area contributed by atoms with Crippen molar-refractivity contribution in [2.45, 2.75) is 25.7 Å². The average molecular weight is 601 g/mol. The smallest absolute Gasteiger partial charge is 0.188 e. The first kappa shape index (κ1) is 31.3. The van der Waals surface area contributed by atoms with Gasteiger partial charge in [-0.15, -0.1) is 0 Å². The van der Waals surface area contributed by atoms with E-state index in [0.29, 0.717) is 25.7 Å². The fraction of sp³-hybridized carbons (Fsp3) is 0.333. The SMILES string of the molecule is COCOc1c2cccc1Cc1cccc(c1OCOC)Cc1cccc(c1OCOC)Cc1cccc(c1OCOC)C2. The molecule has 5 rings (SSSR count). The van der Waals surface area contributed by atoms with Crippen molar-refractivity contribution in [2.75, 3.05) is 55.6 Å². The van der Waals surface area contributed by atoms with E-state index in [2.05, 4.69) is 72.8 Å². The molecule has 0 saturated heterocycles. The van der Waals surface area contributed by atoms with Crippen LogP contribution < -0.4 is 18.9 Å². The molecule has 0 N–H and O–H groups in total. The molecule has 0 fully saturated rings. The fourth-order valence-electron chi connectivity index (χ4n) is 5.70. The maximum atomic E-state index is 6.25. The number of benzene rings is 4. The van der Waals surface area contributed by atoms with Gasteiger partial charge >= 0.3 is 0 Å². The largest absolute Gasteiger partial charge is 0.467 e. The van der Waals surface area contributed by atoms with Crippen LogP contribution in [-0.2, 0) is 44.6 Å². The lowest BCUT2D eigenvalue weighted by atomic mass is 9.91. The summed E-state index contributed by atoms with van der Waals surface area (Å²) in [6.45, 7) is 0.512. The summed E-state index contributed by atoms with van der Waals surface area (Å²) in [4.78, 5) is 0. The molecule has 0 saturated carbocycles. The minimum Gasteiger partial charge on any atom is -0.467 e. The van der Waals surface area contributed by atoms with Crippen LogP contribution in [0.15, 0.2) is 72.8 Å². The standard InChI is InChI=1S/C36H40O8/c1-37-21-41-33-25-9-5-10-26(33)18-28-12-7-14-30(35(28)43-23-39-3)20-32-16-8-15-31(36(32)44-24-40-4)19-29-13-6-11-27(17-25)34(29)42-22-38-2/h5-16H,17-24H2,1-4H3. The van der Waals surface area contributed by atoms with Gasteiger partial charge in [-0.2, -0.15) is 0 Å². The van der Waals surface area contributed by atoms with E-state index in [0.717, 1.165) is 67.5 Å². The molecule has 8 bridgehead atoms. The Balaban J connectivity index is 1.74. The summed E-state index contributed by atoms with van der Waals surface area (Å²) >= 11 is 0. The average Bonchev–Trinajstić information content (AvgIpc) is 3.03. The van der Waals surface area contributed by atoms with Crippen LogP contribution in [0.25, 0.3) is 0 Å². The Morgan fingerprint density at radius 2 is 0.523 bits per heavy atom. The summed E-state index contributed by atoms with van der Waals surface area (Å²) in [5.41, 5.74) is 8.17. The molecule has 0 aliphatic heterocycles. The van der Waals surface area contributed by atoms with Crippen molar-refractivity contribution >= 4 is 0 Å². The van der Waals surface area contributed by atoms with Crippen molar-refractivity contribution in [2.24, 2.45) is 0 Å². The zero-order valence-corrected chi connectivity index (χ0v) is 25.9. The van der Waals surface area contributed by atoms with Gasteiger partial charge in [-0.05, 0) is 44.5 Å². The topological polar surface area (TPSA) is 73.8 Å². The third kappa shape index (κ3) is 7.34. The number of hydrogen-bond donors (Lipinski definition) is 0. The lowest BCUT2D eigenvalue weighted by Crippen LogP contribution is -2.11. The molecule has 44 heavy (non-hydrogen) atoms. The van der Waals surface area contributed by atoms with Gasteiger partial charge in [0.05, 0.1) is 0 Å². The first-order valence-electron chi connectivity index (χ1n) is 14.6. The van der Waals surface area contributed by atoms with E-state index >= 15 is 0 Å². The number of rotatable bonds is 12. The highest BCUT2D eigenvalue weighted by Crippen LogP contribution is 2.38. The Labute approximate surface area is 259 Å². The highest BCUT2D eigenvalue weighted by Gasteiger charge is 2.21. The molecular weight excluding hydrogens is 560 g/mol. The molecule has 1 aliphatic carbocycles. The van der Waals surface area contributed by atoms with Crippen molar-refractivity contribution in [3.05, 3.63) is 117 Å². The molecule has 0 heterocycles. The maximum absolute atomic E-state index is 6.25. The summed E-state index contributed by atoms with van der Waals surface area (Å²) in [5.74, 6) is 3.14. The number of methoxy groups -OCH3 is 4. The van der Waals surface area contributed by atoms with E-state index in [1.54, 1.807) is 28.4 Å². The van der Waals surface area contributed by atoms with E-state index < -0.39 is 0 Å². The molecular formula is C36H40O8. The van der Waals surface area contributed by atoms with E-state index in [9.17, 15) is 0 Å². The summed E-state index contributed by atoms with van der Waals surface area (Å²) in [5, 5.41) is 0. The van der Waals surface area contributed by atoms with Crippen LogP contribution >= 0.6 is 0 Å². The third-order valence-corrected chi connectivity index (χ3v) is 7.52. The fourth-order valence-corrected chi connectivity index (χ4v) is 5.70. The van der Waals surface area contributed by atoms with Crippen molar-refractivity contribution in [1.29, 1.82) is 0 Å². The Morgan fingerprint density at radius 1 is 0.341 bits per heavy atom. The molecule has 0 amide bonds. The number of hydrogen-bond acceptors (Lipinski definition) is 8. The Kier molecular flexibility index (Phi) is 11.1. The predicted molar refractivity (Wildman–Crippen MR) is 167 cm³/mol. The number of ether oxygens (including phenoxy) is 8. The monoisotopic (exact) mass is 600 g/mol. The van der Waals surface area contributed by atoms with Gasteiger partial charge in [-0.3, -0.25) is 0 Å². The van der Waals surface area contributed by atoms with Gasteiger partial charge in [-0.25, -0.2) is 0 Å². The first-order chi connectivity index (χ1) is 21.7. The second-order valence-electron chi connectivity index (χ2n) is 10.5. The van der Waals surface area contributed by atoms with Gasteiger partial charge in [0.2, 0.25) is 0 Å². The van der Waals surface area contributed by atoms with Gasteiger partial charge in [0.15, 0.2) is 27.2 Å². The maximum Gasteiger partial charge on any atom is 0.188 e. The number of para-hydroxylation sites is 4. The predicted octanol–water partition coefficient (Wildman–Crippen LogP) is 6.29. The van der Waals surface area contributed by atoms with Gasteiger partial charge in [-0.1, -0.05) is 72.8 Å².